The van der Waals surface area contributed by atoms with Crippen molar-refractivity contribution in [3.05, 3.63) is 17.7 Å². The molecule has 0 bridgehead atoms. The third-order valence-electron chi connectivity index (χ3n) is 2.94. The van der Waals surface area contributed by atoms with Gasteiger partial charge >= 0.3 is 5.97 Å². The Morgan fingerprint density at radius 2 is 2.25 bits per heavy atom. The van der Waals surface area contributed by atoms with E-state index in [1.807, 2.05) is 7.05 Å². The lowest BCUT2D eigenvalue weighted by Crippen LogP contribution is -2.11. The van der Waals surface area contributed by atoms with E-state index in [2.05, 4.69) is 35.5 Å². The summed E-state index contributed by atoms with van der Waals surface area (Å²) < 4.78 is 12.6. The van der Waals surface area contributed by atoms with Crippen molar-refractivity contribution in [1.29, 1.82) is 0 Å². The van der Waals surface area contributed by atoms with Crippen LogP contribution < -0.4 is 5.73 Å². The highest BCUT2D eigenvalue weighted by Gasteiger charge is 2.25. The number of nitrogens with zero attached hydrogens (tertiary/aromatic N) is 8. The zero-order valence-electron chi connectivity index (χ0n) is 12.8. The van der Waals surface area contributed by atoms with Crippen molar-refractivity contribution >= 4 is 23.5 Å². The van der Waals surface area contributed by atoms with Crippen LogP contribution in [-0.4, -0.2) is 52.6 Å². The van der Waals surface area contributed by atoms with Crippen LogP contribution in [0.5, 0.6) is 0 Å². The molecule has 0 spiro atoms. The molecule has 0 radical (unpaired) electrons. The molecule has 3 aromatic rings. The number of hydrogen-bond donors (Lipinski definition) is 1. The Morgan fingerprint density at radius 3 is 2.88 bits per heavy atom. The molecule has 0 aromatic carbocycles. The van der Waals surface area contributed by atoms with Crippen LogP contribution in [0.3, 0.4) is 0 Å². The van der Waals surface area contributed by atoms with Gasteiger partial charge in [-0.15, -0.1) is 15.3 Å². The Hall–Kier alpha value is -2.96. The second-order valence-corrected chi connectivity index (χ2v) is 5.45. The summed E-state index contributed by atoms with van der Waals surface area (Å²) in [6, 6.07) is 0. The molecule has 3 rings (SSSR count). The summed E-state index contributed by atoms with van der Waals surface area (Å²) in [6.07, 6.45) is 1.57. The van der Waals surface area contributed by atoms with E-state index in [1.54, 1.807) is 17.8 Å². The molecule has 13 heteroatoms. The number of ether oxygens (including phenoxy) is 1. The highest BCUT2D eigenvalue weighted by molar-refractivity contribution is 7.98. The second-order valence-electron chi connectivity index (χ2n) is 4.50. The Morgan fingerprint density at radius 1 is 1.42 bits per heavy atom. The zero-order valence-corrected chi connectivity index (χ0v) is 13.6. The molecular formula is C11H13N9O3S. The average Bonchev–Trinajstić information content (AvgIpc) is 3.25. The summed E-state index contributed by atoms with van der Waals surface area (Å²) in [5, 5.41) is 23.4. The first-order valence-electron chi connectivity index (χ1n) is 6.78. The highest BCUT2D eigenvalue weighted by Crippen LogP contribution is 2.24. The lowest BCUT2D eigenvalue weighted by molar-refractivity contribution is 0.0518. The van der Waals surface area contributed by atoms with E-state index in [4.69, 9.17) is 10.5 Å². The molecule has 3 aromatic heterocycles. The standard InChI is InChI=1S/C11H13N9O3S/c1-3-22-10(21)7-6(4-24-11-15-13-5-19(11)2)20(18-14-7)9-8(12)16-23-17-9/h5H,3-4H2,1-2H3,(H2,12,16). The van der Waals surface area contributed by atoms with E-state index in [9.17, 15) is 4.79 Å². The van der Waals surface area contributed by atoms with Crippen molar-refractivity contribution < 1.29 is 14.2 Å². The molecule has 0 saturated heterocycles. The number of aromatic nitrogens is 8. The molecule has 24 heavy (non-hydrogen) atoms. The second kappa shape index (κ2) is 6.66. The average molecular weight is 351 g/mol. The van der Waals surface area contributed by atoms with Crippen LogP contribution in [-0.2, 0) is 17.5 Å². The first kappa shape index (κ1) is 15.9. The van der Waals surface area contributed by atoms with Crippen LogP contribution in [0.1, 0.15) is 23.1 Å². The fourth-order valence-electron chi connectivity index (χ4n) is 1.83. The summed E-state index contributed by atoms with van der Waals surface area (Å²) in [6.45, 7) is 1.92. The van der Waals surface area contributed by atoms with E-state index in [1.165, 1.54) is 16.4 Å². The fourth-order valence-corrected chi connectivity index (χ4v) is 2.71. The molecule has 0 aliphatic heterocycles. The summed E-state index contributed by atoms with van der Waals surface area (Å²) in [5.74, 6) is -0.112. The van der Waals surface area contributed by atoms with Crippen molar-refractivity contribution in [2.24, 2.45) is 7.05 Å². The smallest absolute Gasteiger partial charge is 0.360 e. The van der Waals surface area contributed by atoms with E-state index in [0.29, 0.717) is 16.6 Å². The van der Waals surface area contributed by atoms with Gasteiger partial charge in [-0.2, -0.15) is 4.68 Å². The number of rotatable bonds is 6. The van der Waals surface area contributed by atoms with Gasteiger partial charge in [0.1, 0.15) is 6.33 Å². The van der Waals surface area contributed by atoms with Gasteiger partial charge < -0.3 is 15.0 Å². The van der Waals surface area contributed by atoms with Crippen molar-refractivity contribution in [3.8, 4) is 5.82 Å². The quantitative estimate of drug-likeness (QED) is 0.465. The maximum Gasteiger partial charge on any atom is 0.360 e. The maximum absolute atomic E-state index is 12.1. The number of carbonyl (C=O) groups excluding carboxylic acids is 1. The molecule has 2 N–H and O–H groups in total. The third-order valence-corrected chi connectivity index (χ3v) is 3.98. The van der Waals surface area contributed by atoms with Gasteiger partial charge in [0.25, 0.3) is 0 Å². The largest absolute Gasteiger partial charge is 0.461 e. The van der Waals surface area contributed by atoms with E-state index >= 15 is 0 Å². The van der Waals surface area contributed by atoms with Gasteiger partial charge in [-0.1, -0.05) is 17.0 Å². The fraction of sp³-hybridized carbons (Fsp3) is 0.364. The predicted molar refractivity (Wildman–Crippen MR) is 80.1 cm³/mol. The topological polar surface area (TPSA) is 153 Å². The van der Waals surface area contributed by atoms with Crippen molar-refractivity contribution in [2.75, 3.05) is 12.3 Å². The molecule has 0 aliphatic carbocycles. The lowest BCUT2D eigenvalue weighted by atomic mass is 10.3. The van der Waals surface area contributed by atoms with Gasteiger partial charge in [-0.25, -0.2) is 9.42 Å². The van der Waals surface area contributed by atoms with Crippen LogP contribution >= 0.6 is 11.8 Å². The third kappa shape index (κ3) is 2.92. The Kier molecular flexibility index (Phi) is 4.41. The Labute approximate surface area is 139 Å². The molecule has 0 aliphatic rings. The minimum absolute atomic E-state index is 0.0280. The van der Waals surface area contributed by atoms with Gasteiger partial charge in [0.05, 0.1) is 12.3 Å². The number of aryl methyl sites for hydroxylation is 1. The van der Waals surface area contributed by atoms with E-state index < -0.39 is 5.97 Å². The van der Waals surface area contributed by atoms with Gasteiger partial charge in [-0.3, -0.25) is 0 Å². The monoisotopic (exact) mass is 351 g/mol. The summed E-state index contributed by atoms with van der Waals surface area (Å²) in [7, 11) is 1.81. The minimum Gasteiger partial charge on any atom is -0.461 e. The van der Waals surface area contributed by atoms with E-state index in [-0.39, 0.29) is 23.9 Å². The highest BCUT2D eigenvalue weighted by atomic mass is 32.2. The maximum atomic E-state index is 12.1. The molecule has 3 heterocycles. The summed E-state index contributed by atoms with van der Waals surface area (Å²) >= 11 is 1.34. The summed E-state index contributed by atoms with van der Waals surface area (Å²) in [5.41, 5.74) is 6.19. The molecule has 0 unspecified atom stereocenters. The number of esters is 1. The number of carbonyl (C=O) groups is 1. The van der Waals surface area contributed by atoms with Gasteiger partial charge in [-0.05, 0) is 17.2 Å². The number of nitrogens with two attached hydrogens (primary N) is 1. The first-order valence-corrected chi connectivity index (χ1v) is 7.77. The number of hydrogen-bond acceptors (Lipinski definition) is 11. The van der Waals surface area contributed by atoms with Crippen LogP contribution in [0.15, 0.2) is 16.1 Å². The number of nitrogen functional groups attached to an aromatic ring is 1. The molecule has 0 saturated carbocycles. The number of anilines is 1. The normalized spacial score (nSPS) is 10.9. The van der Waals surface area contributed by atoms with Gasteiger partial charge in [0.15, 0.2) is 10.9 Å². The molecular weight excluding hydrogens is 338 g/mol. The SMILES string of the molecule is CCOC(=O)c1nnn(-c2nonc2N)c1CSc1nncn1C. The minimum atomic E-state index is -0.590. The van der Waals surface area contributed by atoms with Crippen LogP contribution in [0, 0.1) is 0 Å². The molecule has 0 atom stereocenters. The van der Waals surface area contributed by atoms with Gasteiger partial charge in [0.2, 0.25) is 11.6 Å². The van der Waals surface area contributed by atoms with Crippen LogP contribution in [0.2, 0.25) is 0 Å². The van der Waals surface area contributed by atoms with Crippen molar-refractivity contribution in [3.63, 3.8) is 0 Å². The Balaban J connectivity index is 1.96. The number of thioether (sulfide) groups is 1. The van der Waals surface area contributed by atoms with Crippen LogP contribution in [0.4, 0.5) is 5.82 Å². The first-order chi connectivity index (χ1) is 11.6. The van der Waals surface area contributed by atoms with Crippen molar-refractivity contribution in [1.82, 2.24) is 40.1 Å². The summed E-state index contributed by atoms with van der Waals surface area (Å²) in [4.78, 5) is 12.1. The molecule has 12 nitrogen and oxygen atoms in total. The predicted octanol–water partition coefficient (Wildman–Crippen LogP) is -0.170. The van der Waals surface area contributed by atoms with Crippen LogP contribution in [0.25, 0.3) is 5.82 Å². The van der Waals surface area contributed by atoms with Gasteiger partial charge in [0, 0.05) is 12.8 Å². The molecule has 0 amide bonds. The van der Waals surface area contributed by atoms with E-state index in [0.717, 1.165) is 0 Å². The molecule has 126 valence electrons. The zero-order chi connectivity index (χ0) is 17.1. The Bertz CT molecular complexity index is 855. The molecule has 0 fully saturated rings. The lowest BCUT2D eigenvalue weighted by Gasteiger charge is -2.05. The van der Waals surface area contributed by atoms with Crippen molar-refractivity contribution in [2.45, 2.75) is 17.8 Å².